The maximum absolute atomic E-state index is 13.9. The summed E-state index contributed by atoms with van der Waals surface area (Å²) in [5, 5.41) is 13.7. The Morgan fingerprint density at radius 2 is 1.75 bits per heavy atom. The average Bonchev–Trinajstić information content (AvgIpc) is 3.34. The molecule has 0 aromatic heterocycles. The molecule has 4 unspecified atom stereocenters. The van der Waals surface area contributed by atoms with Gasteiger partial charge in [0.15, 0.2) is 11.5 Å². The van der Waals surface area contributed by atoms with Crippen LogP contribution in [0.15, 0.2) is 66.7 Å². The second kappa shape index (κ2) is 12.1. The minimum absolute atomic E-state index is 0.182. The molecule has 1 fully saturated rings. The maximum Gasteiger partial charge on any atom is 0.309 e. The minimum atomic E-state index is -0.968. The minimum Gasteiger partial charge on any atom is -0.486 e. The van der Waals surface area contributed by atoms with Gasteiger partial charge in [-0.1, -0.05) is 50.1 Å². The predicted molar refractivity (Wildman–Crippen MR) is 150 cm³/mol. The van der Waals surface area contributed by atoms with Gasteiger partial charge in [-0.2, -0.15) is 0 Å². The van der Waals surface area contributed by atoms with E-state index >= 15 is 0 Å². The number of unbranched alkanes of at least 4 members (excludes halogenated alkanes) is 1. The van der Waals surface area contributed by atoms with Gasteiger partial charge < -0.3 is 19.9 Å². The molecule has 4 atom stereocenters. The van der Waals surface area contributed by atoms with Crippen molar-refractivity contribution >= 4 is 17.6 Å². The average molecular weight is 547 g/mol. The van der Waals surface area contributed by atoms with E-state index in [0.717, 1.165) is 24.0 Å². The fraction of sp³-hybridized carbons (Fsp3) is 0.375. The van der Waals surface area contributed by atoms with Gasteiger partial charge in [0.25, 0.3) is 0 Å². The van der Waals surface area contributed by atoms with Crippen molar-refractivity contribution in [2.75, 3.05) is 25.1 Å². The third kappa shape index (κ3) is 5.82. The number of ether oxygens (including phenoxy) is 2. The number of likely N-dealkylation sites (tertiary alicyclic amines) is 1. The number of aryl methyl sites for hydroxylation is 1. The molecule has 1 amide bonds. The second-order valence-electron chi connectivity index (χ2n) is 10.6. The molecule has 0 spiro atoms. The van der Waals surface area contributed by atoms with Gasteiger partial charge in [0.1, 0.15) is 19.0 Å². The van der Waals surface area contributed by atoms with Crippen LogP contribution in [0.1, 0.15) is 54.8 Å². The summed E-state index contributed by atoms with van der Waals surface area (Å²) in [7, 11) is 0. The molecule has 3 aromatic carbocycles. The highest BCUT2D eigenvalue weighted by Crippen LogP contribution is 2.49. The summed E-state index contributed by atoms with van der Waals surface area (Å²) in [5.74, 6) is -1.63. The van der Waals surface area contributed by atoms with Gasteiger partial charge in [0.2, 0.25) is 5.91 Å². The Bertz CT molecular complexity index is 1360. The molecule has 210 valence electrons. The lowest BCUT2D eigenvalue weighted by molar-refractivity contribution is -0.143. The van der Waals surface area contributed by atoms with Crippen LogP contribution in [0.5, 0.6) is 11.5 Å². The zero-order valence-corrected chi connectivity index (χ0v) is 22.8. The Labute approximate surface area is 233 Å². The van der Waals surface area contributed by atoms with E-state index in [1.165, 1.54) is 12.1 Å². The van der Waals surface area contributed by atoms with Gasteiger partial charge in [-0.3, -0.25) is 14.5 Å². The van der Waals surface area contributed by atoms with Crippen LogP contribution in [-0.4, -0.2) is 47.7 Å². The zero-order valence-electron chi connectivity index (χ0n) is 22.8. The predicted octanol–water partition coefficient (Wildman–Crippen LogP) is 5.94. The van der Waals surface area contributed by atoms with Crippen LogP contribution >= 0.6 is 0 Å². The van der Waals surface area contributed by atoms with Gasteiger partial charge in [-0.15, -0.1) is 0 Å². The lowest BCUT2D eigenvalue weighted by Crippen LogP contribution is -2.45. The van der Waals surface area contributed by atoms with Crippen molar-refractivity contribution in [3.63, 3.8) is 0 Å². The first-order valence-corrected chi connectivity index (χ1v) is 13.9. The molecule has 0 aliphatic carbocycles. The largest absolute Gasteiger partial charge is 0.486 e. The van der Waals surface area contributed by atoms with Crippen molar-refractivity contribution < 1.29 is 28.6 Å². The van der Waals surface area contributed by atoms with Gasteiger partial charge >= 0.3 is 5.97 Å². The monoisotopic (exact) mass is 546 g/mol. The van der Waals surface area contributed by atoms with E-state index in [9.17, 15) is 19.1 Å². The number of hydrogen-bond donors (Lipinski definition) is 2. The molecule has 40 heavy (non-hydrogen) atoms. The van der Waals surface area contributed by atoms with Crippen molar-refractivity contribution in [3.8, 4) is 11.5 Å². The highest BCUT2D eigenvalue weighted by molar-refractivity contribution is 5.95. The molecule has 0 saturated carbocycles. The molecule has 8 heteroatoms. The number of aliphatic carboxylic acids is 1. The number of carboxylic acid groups (broad SMARTS) is 1. The summed E-state index contributed by atoms with van der Waals surface area (Å²) in [6.07, 6.45) is 2.24. The molecule has 2 N–H and O–H groups in total. The van der Waals surface area contributed by atoms with E-state index in [0.29, 0.717) is 48.9 Å². The Balaban J connectivity index is 1.56. The molecule has 2 aliphatic heterocycles. The summed E-state index contributed by atoms with van der Waals surface area (Å²) < 4.78 is 25.4. The van der Waals surface area contributed by atoms with E-state index < -0.39 is 35.7 Å². The Morgan fingerprint density at radius 1 is 1.02 bits per heavy atom. The number of hydrogen-bond acceptors (Lipinski definition) is 5. The lowest BCUT2D eigenvalue weighted by Gasteiger charge is -2.33. The number of halogens is 1. The van der Waals surface area contributed by atoms with Gasteiger partial charge in [0, 0.05) is 24.2 Å². The highest BCUT2D eigenvalue weighted by atomic mass is 19.1. The Morgan fingerprint density at radius 3 is 2.45 bits per heavy atom. The Hall–Kier alpha value is -3.91. The summed E-state index contributed by atoms with van der Waals surface area (Å²) >= 11 is 0. The summed E-state index contributed by atoms with van der Waals surface area (Å²) in [6.45, 7) is 5.25. The summed E-state index contributed by atoms with van der Waals surface area (Å²) in [4.78, 5) is 28.8. The number of amides is 1. The molecule has 5 rings (SSSR count). The number of benzene rings is 3. The van der Waals surface area contributed by atoms with Crippen molar-refractivity contribution in [2.24, 2.45) is 5.92 Å². The maximum atomic E-state index is 13.9. The Kier molecular flexibility index (Phi) is 8.35. The molecule has 0 bridgehead atoms. The van der Waals surface area contributed by atoms with Gasteiger partial charge in [-0.05, 0) is 66.4 Å². The first-order chi connectivity index (χ1) is 19.4. The summed E-state index contributed by atoms with van der Waals surface area (Å²) in [5.41, 5.74) is 3.19. The number of nitrogens with zero attached hydrogens (tertiary/aromatic N) is 1. The number of fused-ring (bicyclic) bond motifs is 1. The molecule has 1 saturated heterocycles. The van der Waals surface area contributed by atoms with E-state index in [1.54, 1.807) is 12.1 Å². The molecule has 3 aromatic rings. The van der Waals surface area contributed by atoms with Gasteiger partial charge in [-0.25, -0.2) is 4.39 Å². The smallest absolute Gasteiger partial charge is 0.309 e. The fourth-order valence-electron chi connectivity index (χ4n) is 5.96. The topological polar surface area (TPSA) is 88.1 Å². The first kappa shape index (κ1) is 27.6. The van der Waals surface area contributed by atoms with Crippen LogP contribution in [-0.2, 0) is 9.59 Å². The first-order valence-electron chi connectivity index (χ1n) is 13.9. The number of carboxylic acids is 1. The molecular formula is C32H35FN2O5. The molecule has 0 radical (unpaired) electrons. The van der Waals surface area contributed by atoms with E-state index in [1.807, 2.05) is 54.3 Å². The number of nitrogens with one attached hydrogen (secondary N) is 1. The summed E-state index contributed by atoms with van der Waals surface area (Å²) in [6, 6.07) is 17.9. The normalized spacial score (nSPS) is 21.1. The fourth-order valence-corrected chi connectivity index (χ4v) is 5.96. The van der Waals surface area contributed by atoms with Crippen molar-refractivity contribution in [3.05, 3.63) is 89.2 Å². The van der Waals surface area contributed by atoms with Crippen LogP contribution < -0.4 is 14.8 Å². The lowest BCUT2D eigenvalue weighted by atomic mass is 9.82. The number of carbonyl (C=O) groups is 2. The highest BCUT2D eigenvalue weighted by Gasteiger charge is 2.50. The third-order valence-electron chi connectivity index (χ3n) is 7.85. The SMILES string of the molecule is CCCCC(C(=O)Nc1cccc(C)c1)N1CC(c2ccc3c(c2)OCCO3)C(C(=O)O)C1c1ccc(F)cc1. The van der Waals surface area contributed by atoms with Gasteiger partial charge in [0.05, 0.1) is 12.0 Å². The van der Waals surface area contributed by atoms with Crippen LogP contribution in [0.25, 0.3) is 0 Å². The standard InChI is InChI=1S/C32H35FN2O5/c1-3-4-8-26(31(36)34-24-7-5-6-20(2)17-24)35-19-25(22-11-14-27-28(18-22)40-16-15-39-27)29(32(37)38)30(35)21-9-12-23(33)13-10-21/h5-7,9-14,17-18,25-26,29-30H,3-4,8,15-16,19H2,1-2H3,(H,34,36)(H,37,38). The van der Waals surface area contributed by atoms with E-state index in [-0.39, 0.29) is 5.91 Å². The number of carbonyl (C=O) groups excluding carboxylic acids is 1. The van der Waals surface area contributed by atoms with E-state index in [2.05, 4.69) is 12.2 Å². The van der Waals surface area contributed by atoms with Crippen LogP contribution in [0.2, 0.25) is 0 Å². The third-order valence-corrected chi connectivity index (χ3v) is 7.85. The van der Waals surface area contributed by atoms with E-state index in [4.69, 9.17) is 9.47 Å². The van der Waals surface area contributed by atoms with Crippen molar-refractivity contribution in [1.82, 2.24) is 4.90 Å². The molecule has 2 heterocycles. The van der Waals surface area contributed by atoms with Crippen LogP contribution in [0.3, 0.4) is 0 Å². The van der Waals surface area contributed by atoms with Crippen LogP contribution in [0, 0.1) is 18.7 Å². The second-order valence-corrected chi connectivity index (χ2v) is 10.6. The van der Waals surface area contributed by atoms with Crippen LogP contribution in [0.4, 0.5) is 10.1 Å². The quantitative estimate of drug-likeness (QED) is 0.345. The number of anilines is 1. The zero-order chi connectivity index (χ0) is 28.2. The molecule has 2 aliphatic rings. The molecular weight excluding hydrogens is 511 g/mol. The number of rotatable bonds is 9. The van der Waals surface area contributed by atoms with Crippen molar-refractivity contribution in [1.29, 1.82) is 0 Å². The molecule has 7 nitrogen and oxygen atoms in total. The van der Waals surface area contributed by atoms with Crippen molar-refractivity contribution in [2.45, 2.75) is 51.1 Å².